The van der Waals surface area contributed by atoms with Gasteiger partial charge in [0.05, 0.1) is 0 Å². The van der Waals surface area contributed by atoms with Gasteiger partial charge < -0.3 is 10.2 Å². The number of hydrogen-bond acceptors (Lipinski definition) is 2. The molecule has 4 aromatic rings. The van der Waals surface area contributed by atoms with Gasteiger partial charge in [0.15, 0.2) is 0 Å². The van der Waals surface area contributed by atoms with Crippen molar-refractivity contribution in [3.8, 4) is 33.8 Å². The first-order valence-corrected chi connectivity index (χ1v) is 13.9. The van der Waals surface area contributed by atoms with Crippen molar-refractivity contribution in [3.05, 3.63) is 106 Å². The lowest BCUT2D eigenvalue weighted by Gasteiger charge is -2.29. The molecule has 0 radical (unpaired) electrons. The van der Waals surface area contributed by atoms with Crippen molar-refractivity contribution in [3.63, 3.8) is 0 Å². The largest absolute Gasteiger partial charge is 0.508 e. The Bertz CT molecular complexity index is 1410. The summed E-state index contributed by atoms with van der Waals surface area (Å²) < 4.78 is 0. The molecule has 0 aliphatic carbocycles. The van der Waals surface area contributed by atoms with Crippen LogP contribution < -0.4 is 0 Å². The van der Waals surface area contributed by atoms with Crippen LogP contribution in [0.2, 0.25) is 0 Å². The maximum absolute atomic E-state index is 10.2. The predicted octanol–water partition coefficient (Wildman–Crippen LogP) is 9.97. The molecule has 0 fully saturated rings. The van der Waals surface area contributed by atoms with E-state index in [0.29, 0.717) is 11.5 Å². The Kier molecular flexibility index (Phi) is 7.23. The fraction of sp³-hybridized carbons (Fsp3) is 0.351. The van der Waals surface area contributed by atoms with Gasteiger partial charge in [-0.1, -0.05) is 104 Å². The molecule has 0 unspecified atom stereocenters. The summed E-state index contributed by atoms with van der Waals surface area (Å²) in [5, 5.41) is 20.3. The number of phenolic OH excluding ortho intramolecular Hbond substituents is 2. The smallest absolute Gasteiger partial charge is 0.115 e. The minimum absolute atomic E-state index is 0.0813. The van der Waals surface area contributed by atoms with Crippen molar-refractivity contribution < 1.29 is 10.2 Å². The SMILES string of the molecule is Cc1cc(C(C)(C)c2ccc(-c3ccc(O)cc3C(C)(C)C)c(C)c2)ccc1-c1ccc(O)cc1C(C)(C)C. The van der Waals surface area contributed by atoms with Gasteiger partial charge in [-0.05, 0) is 105 Å². The van der Waals surface area contributed by atoms with E-state index in [9.17, 15) is 10.2 Å². The summed E-state index contributed by atoms with van der Waals surface area (Å²) in [6.45, 7) is 22.1. The van der Waals surface area contributed by atoms with Crippen molar-refractivity contribution in [1.29, 1.82) is 0 Å². The van der Waals surface area contributed by atoms with Crippen molar-refractivity contribution >= 4 is 0 Å². The molecule has 0 spiro atoms. The van der Waals surface area contributed by atoms with Gasteiger partial charge in [-0.2, -0.15) is 0 Å². The number of phenols is 2. The van der Waals surface area contributed by atoms with Gasteiger partial charge in [0.2, 0.25) is 0 Å². The van der Waals surface area contributed by atoms with Crippen LogP contribution in [0.5, 0.6) is 11.5 Å². The van der Waals surface area contributed by atoms with Gasteiger partial charge in [0.1, 0.15) is 11.5 Å². The van der Waals surface area contributed by atoms with Crippen LogP contribution in [-0.2, 0) is 16.2 Å². The number of rotatable bonds is 4. The van der Waals surface area contributed by atoms with E-state index in [1.54, 1.807) is 12.1 Å². The lowest BCUT2D eigenvalue weighted by atomic mass is 9.75. The van der Waals surface area contributed by atoms with Crippen molar-refractivity contribution in [2.75, 3.05) is 0 Å². The third kappa shape index (κ3) is 5.62. The molecule has 0 saturated heterocycles. The van der Waals surface area contributed by atoms with Gasteiger partial charge in [-0.25, -0.2) is 0 Å². The molecule has 2 N–H and O–H groups in total. The Morgan fingerprint density at radius 3 is 1.08 bits per heavy atom. The van der Waals surface area contributed by atoms with Crippen LogP contribution in [-0.4, -0.2) is 10.2 Å². The molecule has 0 aliphatic rings. The average molecular weight is 521 g/mol. The second kappa shape index (κ2) is 9.90. The summed E-state index contributed by atoms with van der Waals surface area (Å²) in [5.74, 6) is 0.611. The minimum atomic E-state index is -0.184. The Labute approximate surface area is 235 Å². The number of aryl methyl sites for hydroxylation is 2. The molecule has 0 aromatic heterocycles. The van der Waals surface area contributed by atoms with Crippen LogP contribution >= 0.6 is 0 Å². The van der Waals surface area contributed by atoms with Crippen molar-refractivity contribution in [1.82, 2.24) is 0 Å². The second-order valence-electron chi connectivity index (χ2n) is 13.6. The van der Waals surface area contributed by atoms with E-state index >= 15 is 0 Å². The highest BCUT2D eigenvalue weighted by molar-refractivity contribution is 5.75. The zero-order chi connectivity index (χ0) is 28.9. The summed E-state index contributed by atoms with van der Waals surface area (Å²) in [5.41, 5.74) is 11.7. The molecule has 0 bridgehead atoms. The van der Waals surface area contributed by atoms with Gasteiger partial charge in [-0.15, -0.1) is 0 Å². The Morgan fingerprint density at radius 1 is 0.436 bits per heavy atom. The second-order valence-corrected chi connectivity index (χ2v) is 13.6. The standard InChI is InChI=1S/C37H44O2/c1-23-19-25(11-15-29(23)31-17-13-27(38)21-33(31)35(3,4)5)37(9,10)26-12-16-30(24(2)20-26)32-18-14-28(39)22-34(32)36(6,7)8/h11-22,38-39H,1-10H3. The molecule has 4 rings (SSSR count). The zero-order valence-electron chi connectivity index (χ0n) is 25.3. The fourth-order valence-electron chi connectivity index (χ4n) is 5.65. The normalized spacial score (nSPS) is 12.6. The Hall–Kier alpha value is -3.52. The summed E-state index contributed by atoms with van der Waals surface area (Å²) in [6.07, 6.45) is 0. The van der Waals surface area contributed by atoms with Gasteiger partial charge in [-0.3, -0.25) is 0 Å². The fourth-order valence-corrected chi connectivity index (χ4v) is 5.65. The van der Waals surface area contributed by atoms with Crippen molar-refractivity contribution in [2.45, 2.75) is 85.5 Å². The quantitative estimate of drug-likeness (QED) is 0.281. The first-order valence-electron chi connectivity index (χ1n) is 13.9. The highest BCUT2D eigenvalue weighted by Gasteiger charge is 2.27. The monoisotopic (exact) mass is 520 g/mol. The summed E-state index contributed by atoms with van der Waals surface area (Å²) in [4.78, 5) is 0. The molecule has 39 heavy (non-hydrogen) atoms. The third-order valence-electron chi connectivity index (χ3n) is 8.10. The van der Waals surface area contributed by atoms with Gasteiger partial charge >= 0.3 is 0 Å². The highest BCUT2D eigenvalue weighted by atomic mass is 16.3. The molecule has 2 nitrogen and oxygen atoms in total. The van der Waals surface area contributed by atoms with Crippen LogP contribution in [0.25, 0.3) is 22.3 Å². The first-order chi connectivity index (χ1) is 18.0. The zero-order valence-corrected chi connectivity index (χ0v) is 25.3. The number of aromatic hydroxyl groups is 2. The molecule has 0 atom stereocenters. The molecule has 0 heterocycles. The molecule has 0 saturated carbocycles. The molecule has 204 valence electrons. The van der Waals surface area contributed by atoms with Gasteiger partial charge in [0.25, 0.3) is 0 Å². The van der Waals surface area contributed by atoms with Crippen LogP contribution in [0.4, 0.5) is 0 Å². The van der Waals surface area contributed by atoms with E-state index in [1.807, 2.05) is 24.3 Å². The maximum Gasteiger partial charge on any atom is 0.115 e. The number of benzene rings is 4. The van der Waals surface area contributed by atoms with Crippen LogP contribution in [0.15, 0.2) is 72.8 Å². The Morgan fingerprint density at radius 2 is 0.769 bits per heavy atom. The third-order valence-corrected chi connectivity index (χ3v) is 8.10. The number of hydrogen-bond donors (Lipinski definition) is 2. The van der Waals surface area contributed by atoms with Crippen molar-refractivity contribution in [2.24, 2.45) is 0 Å². The van der Waals surface area contributed by atoms with E-state index in [1.165, 1.54) is 44.5 Å². The van der Waals surface area contributed by atoms with E-state index in [2.05, 4.69) is 106 Å². The summed E-state index contributed by atoms with van der Waals surface area (Å²) >= 11 is 0. The van der Waals surface area contributed by atoms with E-state index < -0.39 is 0 Å². The van der Waals surface area contributed by atoms with Crippen LogP contribution in [0.1, 0.15) is 88.8 Å². The van der Waals surface area contributed by atoms with Gasteiger partial charge in [0, 0.05) is 5.41 Å². The lowest BCUT2D eigenvalue weighted by molar-refractivity contribution is 0.471. The predicted molar refractivity (Wildman–Crippen MR) is 166 cm³/mol. The van der Waals surface area contributed by atoms with Crippen LogP contribution in [0.3, 0.4) is 0 Å². The first kappa shape index (κ1) is 28.5. The summed E-state index contributed by atoms with van der Waals surface area (Å²) in [6, 6.07) is 25.1. The molecule has 0 aliphatic heterocycles. The molecule has 4 aromatic carbocycles. The maximum atomic E-state index is 10.2. The topological polar surface area (TPSA) is 40.5 Å². The summed E-state index contributed by atoms with van der Waals surface area (Å²) in [7, 11) is 0. The van der Waals surface area contributed by atoms with E-state index in [4.69, 9.17) is 0 Å². The van der Waals surface area contributed by atoms with Crippen LogP contribution in [0, 0.1) is 13.8 Å². The van der Waals surface area contributed by atoms with E-state index in [-0.39, 0.29) is 16.2 Å². The lowest BCUT2D eigenvalue weighted by Crippen LogP contribution is -2.19. The average Bonchev–Trinajstić information content (AvgIpc) is 2.83. The molecule has 0 amide bonds. The van der Waals surface area contributed by atoms with E-state index in [0.717, 1.165) is 11.1 Å². The highest BCUT2D eigenvalue weighted by Crippen LogP contribution is 2.41. The molecule has 2 heteroatoms. The molecular formula is C37H44O2. The molecular weight excluding hydrogens is 476 g/mol. The Balaban J connectivity index is 1.75. The minimum Gasteiger partial charge on any atom is -0.508 e.